The first-order valence-electron chi connectivity index (χ1n) is 9.16. The Morgan fingerprint density at radius 1 is 0.724 bits per heavy atom. The molecule has 0 rings (SSSR count). The van der Waals surface area contributed by atoms with Gasteiger partial charge in [-0.15, -0.1) is 0 Å². The smallest absolute Gasteiger partial charge is 0.465 e. The van der Waals surface area contributed by atoms with Gasteiger partial charge >= 0.3 is 38.1 Å². The molecule has 0 fully saturated rings. The molecule has 2 N–H and O–H groups in total. The molecule has 170 valence electrons. The first-order chi connectivity index (χ1) is 12.8. The Balaban J connectivity index is -0.0000000950. The van der Waals surface area contributed by atoms with E-state index in [4.69, 9.17) is 10.2 Å². The van der Waals surface area contributed by atoms with Crippen molar-refractivity contribution < 1.29 is 65.1 Å². The van der Waals surface area contributed by atoms with E-state index < -0.39 is 23.5 Å². The molecule has 0 aliphatic heterocycles. The third-order valence-corrected chi connectivity index (χ3v) is 1.62. The minimum atomic E-state index is -0.484. The number of ketones is 2. The minimum absolute atomic E-state index is 0. The van der Waals surface area contributed by atoms with Gasteiger partial charge in [-0.25, -0.2) is 0 Å². The fraction of sp³-hybridized carbons (Fsp3) is 0.700. The van der Waals surface area contributed by atoms with Gasteiger partial charge in [0.25, 0.3) is 0 Å². The van der Waals surface area contributed by atoms with Crippen molar-refractivity contribution in [1.82, 2.24) is 0 Å². The fourth-order valence-electron chi connectivity index (χ4n) is 0.856. The Morgan fingerprint density at radius 2 is 0.931 bits per heavy atom. The average molecular weight is 498 g/mol. The molecule has 0 heterocycles. The van der Waals surface area contributed by atoms with Crippen molar-refractivity contribution >= 4 is 23.5 Å². The van der Waals surface area contributed by atoms with E-state index in [0.29, 0.717) is 13.2 Å². The summed E-state index contributed by atoms with van der Waals surface area (Å²) in [6, 6.07) is 0. The van der Waals surface area contributed by atoms with Crippen molar-refractivity contribution in [3.63, 3.8) is 0 Å². The summed E-state index contributed by atoms with van der Waals surface area (Å²) in [6.45, 7) is 17.5. The van der Waals surface area contributed by atoms with Crippen LogP contribution in [0.4, 0.5) is 0 Å². The van der Waals surface area contributed by atoms with E-state index in [1.807, 2.05) is 13.8 Å². The molecular weight excluding hydrogens is 459 g/mol. The third-order valence-electron chi connectivity index (χ3n) is 1.62. The van der Waals surface area contributed by atoms with E-state index in [2.05, 4.69) is 23.3 Å². The van der Waals surface area contributed by atoms with Crippen LogP contribution in [0.15, 0.2) is 0 Å². The Kier molecular flexibility index (Phi) is 38.5. The predicted molar refractivity (Wildman–Crippen MR) is 107 cm³/mol. The number of ether oxygens (including phenoxy) is 2. The molecule has 9 heteroatoms. The number of hydrogen-bond donors (Lipinski definition) is 2. The normalized spacial score (nSPS) is 8.62. The van der Waals surface area contributed by atoms with Gasteiger partial charge in [0.05, 0.1) is 26.1 Å². The molecule has 0 aromatic heterocycles. The van der Waals surface area contributed by atoms with E-state index in [1.165, 1.54) is 0 Å². The summed E-state index contributed by atoms with van der Waals surface area (Å²) in [4.78, 5) is 41.5. The Bertz CT molecular complexity index is 366. The second-order valence-corrected chi connectivity index (χ2v) is 6.06. The second kappa shape index (κ2) is 29.0. The molecule has 0 atom stereocenters. The van der Waals surface area contributed by atoms with Gasteiger partial charge < -0.3 is 43.1 Å². The van der Waals surface area contributed by atoms with Crippen molar-refractivity contribution in [2.75, 3.05) is 13.2 Å². The zero-order valence-electron chi connectivity index (χ0n) is 18.7. The van der Waals surface area contributed by atoms with Gasteiger partial charge in [-0.05, 0) is 40.5 Å². The molecule has 0 unspecified atom stereocenters. The zero-order chi connectivity index (χ0) is 23.1. The van der Waals surface area contributed by atoms with Crippen LogP contribution in [0.3, 0.4) is 0 Å². The molecule has 0 saturated heterocycles. The van der Waals surface area contributed by atoms with Crippen LogP contribution in [-0.4, -0.2) is 59.1 Å². The van der Waals surface area contributed by atoms with Gasteiger partial charge in [0, 0.05) is 23.8 Å². The molecule has 0 bridgehead atoms. The number of esters is 2. The third kappa shape index (κ3) is 75.2. The van der Waals surface area contributed by atoms with Crippen molar-refractivity contribution in [2.24, 2.45) is 0 Å². The van der Waals surface area contributed by atoms with Crippen LogP contribution in [0, 0.1) is 13.8 Å². The van der Waals surface area contributed by atoms with Gasteiger partial charge in [0.2, 0.25) is 0 Å². The van der Waals surface area contributed by atoms with Crippen LogP contribution in [0.25, 0.3) is 0 Å². The minimum Gasteiger partial charge on any atom is -0.465 e. The summed E-state index contributed by atoms with van der Waals surface area (Å²) in [5.41, 5.74) is 0. The second-order valence-electron chi connectivity index (χ2n) is 6.06. The summed E-state index contributed by atoms with van der Waals surface area (Å²) in [7, 11) is 0. The zero-order valence-corrected chi connectivity index (χ0v) is 21.1. The number of hydrogen-bond acceptors (Lipinski definition) is 8. The number of carbonyl (C=O) groups is 4. The van der Waals surface area contributed by atoms with E-state index >= 15 is 0 Å². The Labute approximate surface area is 194 Å². The first kappa shape index (κ1) is 38.4. The fourth-order valence-corrected chi connectivity index (χ4v) is 0.856. The SMILES string of the molecule is CC(C)O.CC(C)O.[CH2-]C(=O)CC(=O)OCCC.[CH2-]C(=O)CC(=O)OCCC.[Zr+2]. The summed E-state index contributed by atoms with van der Waals surface area (Å²) >= 11 is 0. The van der Waals surface area contributed by atoms with E-state index in [9.17, 15) is 19.2 Å². The van der Waals surface area contributed by atoms with E-state index in [0.717, 1.165) is 12.8 Å². The van der Waals surface area contributed by atoms with Crippen LogP contribution in [-0.2, 0) is 54.9 Å². The molecule has 0 saturated carbocycles. The van der Waals surface area contributed by atoms with Crippen molar-refractivity contribution in [1.29, 1.82) is 0 Å². The van der Waals surface area contributed by atoms with Gasteiger partial charge in [0.1, 0.15) is 0 Å². The van der Waals surface area contributed by atoms with Crippen LogP contribution >= 0.6 is 0 Å². The molecule has 8 nitrogen and oxygen atoms in total. The number of Topliss-reactive ketones (excluding diaryl/α,β-unsaturated/α-hetero) is 2. The molecule has 0 spiro atoms. The van der Waals surface area contributed by atoms with Crippen LogP contribution in [0.2, 0.25) is 0 Å². The Morgan fingerprint density at radius 3 is 1.07 bits per heavy atom. The molecule has 0 aliphatic carbocycles. The molecule has 29 heavy (non-hydrogen) atoms. The summed E-state index contributed by atoms with van der Waals surface area (Å²) in [5, 5.41) is 16.1. The molecular formula is C20H38O8Zr. The molecule has 0 amide bonds. The van der Waals surface area contributed by atoms with E-state index in [-0.39, 0.29) is 51.3 Å². The number of aliphatic hydroxyl groups excluding tert-OH is 2. The summed E-state index contributed by atoms with van der Waals surface area (Å²) in [6.07, 6.45) is 0.800. The van der Waals surface area contributed by atoms with Gasteiger partial charge in [0.15, 0.2) is 0 Å². The summed E-state index contributed by atoms with van der Waals surface area (Å²) < 4.78 is 9.20. The average Bonchev–Trinajstić information content (AvgIpc) is 2.49. The molecule has 0 aliphatic rings. The number of carbonyl (C=O) groups excluding carboxylic acids is 4. The monoisotopic (exact) mass is 496 g/mol. The van der Waals surface area contributed by atoms with Gasteiger partial charge in [-0.2, -0.15) is 0 Å². The topological polar surface area (TPSA) is 127 Å². The van der Waals surface area contributed by atoms with Crippen molar-refractivity contribution in [3.05, 3.63) is 13.8 Å². The predicted octanol–water partition coefficient (Wildman–Crippen LogP) is 2.24. The largest absolute Gasteiger partial charge is 2.00 e. The maximum Gasteiger partial charge on any atom is 2.00 e. The maximum atomic E-state index is 10.5. The molecule has 0 radical (unpaired) electrons. The summed E-state index contributed by atoms with van der Waals surface area (Å²) in [5.74, 6) is -1.77. The van der Waals surface area contributed by atoms with Crippen LogP contribution in [0.1, 0.15) is 67.2 Å². The van der Waals surface area contributed by atoms with Crippen LogP contribution < -0.4 is 0 Å². The van der Waals surface area contributed by atoms with E-state index in [1.54, 1.807) is 27.7 Å². The van der Waals surface area contributed by atoms with Gasteiger partial charge in [-0.1, -0.05) is 13.8 Å². The molecule has 0 aromatic carbocycles. The number of rotatable bonds is 8. The van der Waals surface area contributed by atoms with Crippen molar-refractivity contribution in [2.45, 2.75) is 79.4 Å². The quantitative estimate of drug-likeness (QED) is 0.297. The first-order valence-corrected chi connectivity index (χ1v) is 9.16. The van der Waals surface area contributed by atoms with Crippen molar-refractivity contribution in [3.8, 4) is 0 Å². The maximum absolute atomic E-state index is 10.5. The van der Waals surface area contributed by atoms with Crippen LogP contribution in [0.5, 0.6) is 0 Å². The Hall–Kier alpha value is -1.18. The van der Waals surface area contributed by atoms with Gasteiger partial charge in [-0.3, -0.25) is 9.59 Å². The molecule has 0 aromatic rings. The standard InChI is InChI=1S/2C7H11O3.2C3H8O.Zr/c2*1-3-4-10-7(9)5-6(2)8;2*1-3(2)4;/h2*2-5H2,1H3;2*3-4H,1-2H3;/q2*-1;;;+2. The number of aliphatic hydroxyl groups is 2.